The Balaban J connectivity index is 2.62. The number of ether oxygens (including phenoxy) is 1. The predicted octanol–water partition coefficient (Wildman–Crippen LogP) is 1.73. The van der Waals surface area contributed by atoms with Gasteiger partial charge in [0.1, 0.15) is 0 Å². The summed E-state index contributed by atoms with van der Waals surface area (Å²) in [5, 5.41) is 4.18. The number of thioether (sulfide) groups is 1. The number of rotatable bonds is 7. The summed E-state index contributed by atoms with van der Waals surface area (Å²) in [4.78, 5) is 42.5. The Morgan fingerprint density at radius 2 is 1.77 bits per heavy atom. The fraction of sp³-hybridized carbons (Fsp3) is 0.533. The van der Waals surface area contributed by atoms with Gasteiger partial charge < -0.3 is 10.1 Å². The van der Waals surface area contributed by atoms with Crippen LogP contribution >= 0.6 is 11.8 Å². The van der Waals surface area contributed by atoms with Gasteiger partial charge in [0.25, 0.3) is 11.7 Å². The van der Waals surface area contributed by atoms with Crippen LogP contribution in [0.1, 0.15) is 30.3 Å². The lowest BCUT2D eigenvalue weighted by Crippen LogP contribution is -2.43. The van der Waals surface area contributed by atoms with Crippen molar-refractivity contribution in [1.29, 1.82) is 0 Å². The Kier molecular flexibility index (Phi) is 8.36. The number of aryl methyl sites for hydroxylation is 2. The number of urea groups is 1. The molecule has 0 radical (unpaired) electrons. The Bertz CT molecular complexity index is 665. The van der Waals surface area contributed by atoms with Crippen molar-refractivity contribution in [3.63, 3.8) is 0 Å². The van der Waals surface area contributed by atoms with Crippen molar-refractivity contribution in [2.24, 2.45) is 0 Å². The van der Waals surface area contributed by atoms with Gasteiger partial charge in [0.2, 0.25) is 0 Å². The summed E-state index contributed by atoms with van der Waals surface area (Å²) in [6.07, 6.45) is -0.952. The van der Waals surface area contributed by atoms with Crippen LogP contribution in [0.3, 0.4) is 0 Å². The van der Waals surface area contributed by atoms with E-state index >= 15 is 0 Å². The Labute approximate surface area is 153 Å². The molecule has 1 aromatic heterocycles. The van der Waals surface area contributed by atoms with Crippen LogP contribution in [0, 0.1) is 13.8 Å². The second-order valence-corrected chi connectivity index (χ2v) is 6.19. The summed E-state index contributed by atoms with van der Waals surface area (Å²) in [6.45, 7) is 4.63. The van der Waals surface area contributed by atoms with Crippen molar-refractivity contribution in [3.8, 4) is 0 Å². The van der Waals surface area contributed by atoms with E-state index in [1.165, 1.54) is 14.0 Å². The molecule has 0 aliphatic carbocycles. The highest BCUT2D eigenvalue weighted by Crippen LogP contribution is 2.24. The fourth-order valence-corrected chi connectivity index (χ4v) is 2.55. The number of amides is 3. The molecule has 3 amide bonds. The molecule has 2 N–H and O–H groups in total. The zero-order valence-electron chi connectivity index (χ0n) is 14.8. The zero-order valence-corrected chi connectivity index (χ0v) is 15.6. The molecule has 0 unspecified atom stereocenters. The molecule has 0 bridgehead atoms. The van der Waals surface area contributed by atoms with Gasteiger partial charge in [0.05, 0.1) is 0 Å². The summed E-state index contributed by atoms with van der Waals surface area (Å²) in [7, 11) is 1.34. The standard InChI is InChI=1S/C15H20F2N4O4S/c1-7-10(8(2)20-15(19-7)26-13(16)17)5-6-11(22)25-9(3)12(23)21-14(24)18-4/h9,13H,5-6H2,1-4H3,(H2,18,21,23,24)/t9-/m1/s1. The monoisotopic (exact) mass is 390 g/mol. The van der Waals surface area contributed by atoms with Crippen LogP contribution in [-0.2, 0) is 20.7 Å². The number of imide groups is 1. The Morgan fingerprint density at radius 1 is 1.19 bits per heavy atom. The van der Waals surface area contributed by atoms with Crippen molar-refractivity contribution < 1.29 is 27.9 Å². The third-order valence-electron chi connectivity index (χ3n) is 3.32. The molecule has 144 valence electrons. The summed E-state index contributed by atoms with van der Waals surface area (Å²) >= 11 is 0.254. The number of esters is 1. The summed E-state index contributed by atoms with van der Waals surface area (Å²) in [5.41, 5.74) is 1.65. The number of aromatic nitrogens is 2. The van der Waals surface area contributed by atoms with Gasteiger partial charge in [0, 0.05) is 24.9 Å². The van der Waals surface area contributed by atoms with E-state index in [1.54, 1.807) is 13.8 Å². The first-order chi connectivity index (χ1) is 12.1. The van der Waals surface area contributed by atoms with E-state index in [0.29, 0.717) is 17.0 Å². The molecule has 1 atom stereocenters. The second kappa shape index (κ2) is 10.00. The average molecular weight is 390 g/mol. The van der Waals surface area contributed by atoms with Crippen LogP contribution < -0.4 is 10.6 Å². The van der Waals surface area contributed by atoms with Crippen LogP contribution in [-0.4, -0.2) is 46.8 Å². The molecule has 1 aromatic rings. The SMILES string of the molecule is CNC(=O)NC(=O)[C@@H](C)OC(=O)CCc1c(C)nc(SC(F)F)nc1C. The highest BCUT2D eigenvalue weighted by molar-refractivity contribution is 7.99. The highest BCUT2D eigenvalue weighted by Gasteiger charge is 2.20. The van der Waals surface area contributed by atoms with Crippen LogP contribution in [0.15, 0.2) is 5.16 Å². The summed E-state index contributed by atoms with van der Waals surface area (Å²) in [5.74, 6) is -4.01. The molecule has 0 saturated carbocycles. The number of hydrogen-bond acceptors (Lipinski definition) is 7. The molecule has 0 saturated heterocycles. The maximum Gasteiger partial charge on any atom is 0.321 e. The largest absolute Gasteiger partial charge is 0.453 e. The lowest BCUT2D eigenvalue weighted by Gasteiger charge is -2.13. The number of hydrogen-bond donors (Lipinski definition) is 2. The molecule has 0 aliphatic heterocycles. The van der Waals surface area contributed by atoms with E-state index in [-0.39, 0.29) is 29.8 Å². The van der Waals surface area contributed by atoms with Gasteiger partial charge in [0.15, 0.2) is 11.3 Å². The number of carbonyl (C=O) groups is 3. The molecule has 0 spiro atoms. The first-order valence-electron chi connectivity index (χ1n) is 7.65. The minimum Gasteiger partial charge on any atom is -0.453 e. The molecule has 26 heavy (non-hydrogen) atoms. The lowest BCUT2D eigenvalue weighted by atomic mass is 10.1. The Morgan fingerprint density at radius 3 is 2.27 bits per heavy atom. The van der Waals surface area contributed by atoms with Gasteiger partial charge in [-0.05, 0) is 44.5 Å². The molecule has 0 aliphatic rings. The van der Waals surface area contributed by atoms with Crippen molar-refractivity contribution in [2.45, 2.75) is 50.6 Å². The molecule has 0 fully saturated rings. The number of halogens is 2. The fourth-order valence-electron chi connectivity index (χ4n) is 2.02. The lowest BCUT2D eigenvalue weighted by molar-refractivity contribution is -0.154. The molecular formula is C15H20F2N4O4S. The second-order valence-electron chi connectivity index (χ2n) is 5.23. The van der Waals surface area contributed by atoms with Crippen LogP contribution in [0.4, 0.5) is 13.6 Å². The number of carbonyl (C=O) groups excluding carboxylic acids is 3. The summed E-state index contributed by atoms with van der Waals surface area (Å²) < 4.78 is 29.7. The molecule has 8 nitrogen and oxygen atoms in total. The zero-order chi connectivity index (χ0) is 19.9. The van der Waals surface area contributed by atoms with E-state index in [1.807, 2.05) is 5.32 Å². The number of alkyl halides is 2. The molecule has 1 rings (SSSR count). The quantitative estimate of drug-likeness (QED) is 0.414. The number of nitrogens with one attached hydrogen (secondary N) is 2. The molecule has 11 heteroatoms. The van der Waals surface area contributed by atoms with Crippen molar-refractivity contribution in [2.75, 3.05) is 7.05 Å². The van der Waals surface area contributed by atoms with E-state index in [2.05, 4.69) is 15.3 Å². The maximum absolute atomic E-state index is 12.4. The van der Waals surface area contributed by atoms with E-state index < -0.39 is 29.8 Å². The van der Waals surface area contributed by atoms with Crippen molar-refractivity contribution in [3.05, 3.63) is 17.0 Å². The van der Waals surface area contributed by atoms with Gasteiger partial charge in [-0.3, -0.25) is 14.9 Å². The van der Waals surface area contributed by atoms with Crippen LogP contribution in [0.5, 0.6) is 0 Å². The average Bonchev–Trinajstić information content (AvgIpc) is 2.52. The third kappa shape index (κ3) is 6.90. The van der Waals surface area contributed by atoms with E-state index in [0.717, 1.165) is 0 Å². The van der Waals surface area contributed by atoms with Gasteiger partial charge in [-0.25, -0.2) is 14.8 Å². The highest BCUT2D eigenvalue weighted by atomic mass is 32.2. The van der Waals surface area contributed by atoms with Crippen molar-refractivity contribution >= 4 is 29.7 Å². The summed E-state index contributed by atoms with van der Waals surface area (Å²) in [6, 6.07) is -0.706. The smallest absolute Gasteiger partial charge is 0.321 e. The van der Waals surface area contributed by atoms with Gasteiger partial charge >= 0.3 is 12.0 Å². The van der Waals surface area contributed by atoms with Crippen LogP contribution in [0.2, 0.25) is 0 Å². The normalized spacial score (nSPS) is 11.8. The first-order valence-corrected chi connectivity index (χ1v) is 8.53. The Hall–Kier alpha value is -2.30. The van der Waals surface area contributed by atoms with Crippen LogP contribution in [0.25, 0.3) is 0 Å². The third-order valence-corrected chi connectivity index (χ3v) is 3.89. The molecular weight excluding hydrogens is 370 g/mol. The van der Waals surface area contributed by atoms with E-state index in [4.69, 9.17) is 4.74 Å². The molecule has 1 heterocycles. The predicted molar refractivity (Wildman–Crippen MR) is 89.8 cm³/mol. The number of nitrogens with zero attached hydrogens (tertiary/aromatic N) is 2. The molecule has 0 aromatic carbocycles. The maximum atomic E-state index is 12.4. The minimum absolute atomic E-state index is 0.0270. The van der Waals surface area contributed by atoms with Crippen molar-refractivity contribution in [1.82, 2.24) is 20.6 Å². The first kappa shape index (κ1) is 21.7. The van der Waals surface area contributed by atoms with Gasteiger partial charge in [-0.1, -0.05) is 0 Å². The topological polar surface area (TPSA) is 110 Å². The van der Waals surface area contributed by atoms with Gasteiger partial charge in [-0.2, -0.15) is 8.78 Å². The van der Waals surface area contributed by atoms with E-state index in [9.17, 15) is 23.2 Å². The van der Waals surface area contributed by atoms with Gasteiger partial charge in [-0.15, -0.1) is 0 Å². The minimum atomic E-state index is -2.61.